The van der Waals surface area contributed by atoms with Crippen LogP contribution in [0.15, 0.2) is 54.7 Å². The summed E-state index contributed by atoms with van der Waals surface area (Å²) in [6.07, 6.45) is 4.37. The van der Waals surface area contributed by atoms with Crippen molar-refractivity contribution < 1.29 is 4.39 Å². The van der Waals surface area contributed by atoms with E-state index in [9.17, 15) is 4.39 Å². The van der Waals surface area contributed by atoms with Gasteiger partial charge in [-0.25, -0.2) is 4.39 Å². The van der Waals surface area contributed by atoms with E-state index in [4.69, 9.17) is 0 Å². The van der Waals surface area contributed by atoms with Gasteiger partial charge in [-0.15, -0.1) is 0 Å². The first-order chi connectivity index (χ1) is 12.0. The monoisotopic (exact) mass is 336 g/mol. The van der Waals surface area contributed by atoms with Crippen LogP contribution in [0.5, 0.6) is 0 Å². The molecule has 25 heavy (non-hydrogen) atoms. The van der Waals surface area contributed by atoms with Crippen molar-refractivity contribution in [3.63, 3.8) is 0 Å². The number of halogens is 1. The quantitative estimate of drug-likeness (QED) is 0.646. The fourth-order valence-corrected chi connectivity index (χ4v) is 4.09. The van der Waals surface area contributed by atoms with E-state index in [0.717, 1.165) is 43.4 Å². The lowest BCUT2D eigenvalue weighted by Gasteiger charge is -2.41. The molecule has 1 aliphatic heterocycles. The normalized spacial score (nSPS) is 17.9. The molecule has 0 unspecified atom stereocenters. The maximum absolute atomic E-state index is 13.8. The molecule has 0 atom stereocenters. The Morgan fingerprint density at radius 3 is 2.48 bits per heavy atom. The average Bonchev–Trinajstić information content (AvgIpc) is 2.95. The summed E-state index contributed by atoms with van der Waals surface area (Å²) < 4.78 is 16.1. The molecular weight excluding hydrogens is 311 g/mol. The van der Waals surface area contributed by atoms with Gasteiger partial charge in [-0.3, -0.25) is 4.90 Å². The summed E-state index contributed by atoms with van der Waals surface area (Å²) in [4.78, 5) is 2.52. The maximum atomic E-state index is 13.8. The second kappa shape index (κ2) is 6.30. The van der Waals surface area contributed by atoms with Crippen LogP contribution in [0.2, 0.25) is 0 Å². The summed E-state index contributed by atoms with van der Waals surface area (Å²) in [5.74, 6) is -0.156. The number of aryl methyl sites for hydroxylation is 1. The van der Waals surface area contributed by atoms with Crippen LogP contribution in [-0.4, -0.2) is 22.6 Å². The molecule has 2 nitrogen and oxygen atoms in total. The third-order valence-corrected chi connectivity index (χ3v) is 5.73. The van der Waals surface area contributed by atoms with E-state index >= 15 is 0 Å². The number of nitrogens with zero attached hydrogens (tertiary/aromatic N) is 2. The molecule has 3 aromatic rings. The Balaban J connectivity index is 1.55. The second-order valence-electron chi connectivity index (χ2n) is 7.60. The van der Waals surface area contributed by atoms with Crippen molar-refractivity contribution >= 4 is 10.9 Å². The van der Waals surface area contributed by atoms with Gasteiger partial charge in [-0.05, 0) is 56.0 Å². The van der Waals surface area contributed by atoms with Crippen LogP contribution in [0.1, 0.15) is 30.9 Å². The van der Waals surface area contributed by atoms with E-state index in [-0.39, 0.29) is 11.4 Å². The van der Waals surface area contributed by atoms with Crippen LogP contribution in [0.25, 0.3) is 10.9 Å². The number of aromatic nitrogens is 1. The maximum Gasteiger partial charge on any atom is 0.125 e. The standard InChI is InChI=1S/C22H25FN2/c1-17-15-25(21-14-19(23)8-9-20(17)21)22(2)10-12-24(13-11-22)16-18-6-4-3-5-7-18/h3-9,14-15H,10-13,16H2,1-2H3. The minimum atomic E-state index is -0.156. The number of piperidine rings is 1. The van der Waals surface area contributed by atoms with E-state index in [1.807, 2.05) is 6.07 Å². The van der Waals surface area contributed by atoms with Crippen molar-refractivity contribution in [2.45, 2.75) is 38.8 Å². The lowest BCUT2D eigenvalue weighted by molar-refractivity contribution is 0.121. The summed E-state index contributed by atoms with van der Waals surface area (Å²) in [5.41, 5.74) is 3.67. The van der Waals surface area contributed by atoms with Gasteiger partial charge in [0.1, 0.15) is 5.82 Å². The summed E-state index contributed by atoms with van der Waals surface area (Å²) in [6.45, 7) is 7.58. The molecule has 1 aromatic heterocycles. The van der Waals surface area contributed by atoms with Crippen molar-refractivity contribution in [1.29, 1.82) is 0 Å². The van der Waals surface area contributed by atoms with Crippen LogP contribution >= 0.6 is 0 Å². The number of benzene rings is 2. The smallest absolute Gasteiger partial charge is 0.125 e. The van der Waals surface area contributed by atoms with Crippen molar-refractivity contribution in [3.05, 3.63) is 71.7 Å². The number of fused-ring (bicyclic) bond motifs is 1. The zero-order valence-corrected chi connectivity index (χ0v) is 15.0. The summed E-state index contributed by atoms with van der Waals surface area (Å²) in [5, 5.41) is 1.16. The largest absolute Gasteiger partial charge is 0.341 e. The molecule has 0 N–H and O–H groups in total. The lowest BCUT2D eigenvalue weighted by Crippen LogP contribution is -2.43. The highest BCUT2D eigenvalue weighted by atomic mass is 19.1. The van der Waals surface area contributed by atoms with E-state index in [1.54, 1.807) is 12.1 Å². The minimum Gasteiger partial charge on any atom is -0.341 e. The van der Waals surface area contributed by atoms with Gasteiger partial charge < -0.3 is 4.57 Å². The first-order valence-electron chi connectivity index (χ1n) is 9.09. The Morgan fingerprint density at radius 1 is 1.04 bits per heavy atom. The van der Waals surface area contributed by atoms with Gasteiger partial charge in [0.15, 0.2) is 0 Å². The van der Waals surface area contributed by atoms with Crippen LogP contribution in [-0.2, 0) is 12.1 Å². The molecule has 0 amide bonds. The molecule has 3 heteroatoms. The molecular formula is C22H25FN2. The molecule has 0 spiro atoms. The van der Waals surface area contributed by atoms with Crippen molar-refractivity contribution in [2.75, 3.05) is 13.1 Å². The summed E-state index contributed by atoms with van der Waals surface area (Å²) in [6, 6.07) is 15.8. The van der Waals surface area contributed by atoms with Crippen LogP contribution in [0.3, 0.4) is 0 Å². The van der Waals surface area contributed by atoms with Crippen molar-refractivity contribution in [1.82, 2.24) is 9.47 Å². The topological polar surface area (TPSA) is 8.17 Å². The SMILES string of the molecule is Cc1cn(C2(C)CCN(Cc3ccccc3)CC2)c2cc(F)ccc12. The highest BCUT2D eigenvalue weighted by Crippen LogP contribution is 2.35. The van der Waals surface area contributed by atoms with Gasteiger partial charge in [0.2, 0.25) is 0 Å². The molecule has 2 aromatic carbocycles. The molecule has 0 radical (unpaired) electrons. The number of rotatable bonds is 3. The molecule has 0 saturated carbocycles. The Kier molecular flexibility index (Phi) is 4.12. The third-order valence-electron chi connectivity index (χ3n) is 5.73. The molecule has 0 bridgehead atoms. The number of hydrogen-bond donors (Lipinski definition) is 0. The molecule has 130 valence electrons. The van der Waals surface area contributed by atoms with Gasteiger partial charge in [0.25, 0.3) is 0 Å². The van der Waals surface area contributed by atoms with E-state index < -0.39 is 0 Å². The number of likely N-dealkylation sites (tertiary alicyclic amines) is 1. The zero-order valence-electron chi connectivity index (χ0n) is 15.0. The minimum absolute atomic E-state index is 0.0491. The van der Waals surface area contributed by atoms with Crippen LogP contribution in [0.4, 0.5) is 4.39 Å². The summed E-state index contributed by atoms with van der Waals surface area (Å²) >= 11 is 0. The van der Waals surface area contributed by atoms with Crippen LogP contribution < -0.4 is 0 Å². The molecule has 1 fully saturated rings. The van der Waals surface area contributed by atoms with Gasteiger partial charge >= 0.3 is 0 Å². The average molecular weight is 336 g/mol. The molecule has 1 aliphatic rings. The Labute approximate surface area is 148 Å². The zero-order chi connectivity index (χ0) is 17.4. The lowest BCUT2D eigenvalue weighted by atomic mass is 9.89. The third kappa shape index (κ3) is 3.09. The highest BCUT2D eigenvalue weighted by molar-refractivity contribution is 5.84. The number of hydrogen-bond acceptors (Lipinski definition) is 1. The predicted molar refractivity (Wildman–Crippen MR) is 101 cm³/mol. The van der Waals surface area contributed by atoms with Gasteiger partial charge in [-0.1, -0.05) is 30.3 Å². The molecule has 2 heterocycles. The van der Waals surface area contributed by atoms with Gasteiger partial charge in [0.05, 0.1) is 5.52 Å². The molecule has 4 rings (SSSR count). The van der Waals surface area contributed by atoms with E-state index in [2.05, 4.69) is 59.8 Å². The fourth-order valence-electron chi connectivity index (χ4n) is 4.09. The summed E-state index contributed by atoms with van der Waals surface area (Å²) in [7, 11) is 0. The van der Waals surface area contributed by atoms with E-state index in [1.165, 1.54) is 11.1 Å². The Bertz CT molecular complexity index is 874. The van der Waals surface area contributed by atoms with Crippen LogP contribution in [0, 0.1) is 12.7 Å². The predicted octanol–water partition coefficient (Wildman–Crippen LogP) is 5.10. The Hall–Kier alpha value is -2.13. The van der Waals surface area contributed by atoms with Crippen molar-refractivity contribution in [2.24, 2.45) is 0 Å². The van der Waals surface area contributed by atoms with Gasteiger partial charge in [-0.2, -0.15) is 0 Å². The fraction of sp³-hybridized carbons (Fsp3) is 0.364. The first-order valence-corrected chi connectivity index (χ1v) is 9.09. The Morgan fingerprint density at radius 2 is 1.76 bits per heavy atom. The van der Waals surface area contributed by atoms with E-state index in [0.29, 0.717) is 0 Å². The molecule has 0 aliphatic carbocycles. The van der Waals surface area contributed by atoms with Crippen molar-refractivity contribution in [3.8, 4) is 0 Å². The van der Waals surface area contributed by atoms with Gasteiger partial charge in [0, 0.05) is 36.8 Å². The highest BCUT2D eigenvalue weighted by Gasteiger charge is 2.32. The second-order valence-corrected chi connectivity index (χ2v) is 7.60. The molecule has 1 saturated heterocycles. The first kappa shape index (κ1) is 16.3.